The van der Waals surface area contributed by atoms with Gasteiger partial charge in [0, 0.05) is 0 Å². The molecule has 15 nitrogen and oxygen atoms in total. The molecule has 51 heavy (non-hydrogen) atoms. The van der Waals surface area contributed by atoms with Crippen molar-refractivity contribution in [2.75, 3.05) is 13.1 Å². The van der Waals surface area contributed by atoms with E-state index in [4.69, 9.17) is 17.2 Å². The van der Waals surface area contributed by atoms with Gasteiger partial charge in [-0.25, -0.2) is 4.79 Å². The molecule has 1 rings (SSSR count). The molecule has 15 heteroatoms. The Labute approximate surface area is 303 Å². The van der Waals surface area contributed by atoms with Gasteiger partial charge in [0.05, 0.1) is 6.04 Å². The van der Waals surface area contributed by atoms with Crippen LogP contribution in [0.2, 0.25) is 0 Å². The number of unbranched alkanes of at least 4 members (excludes halogenated alkanes) is 2. The summed E-state index contributed by atoms with van der Waals surface area (Å²) in [5, 5.41) is 23.4. The summed E-state index contributed by atoms with van der Waals surface area (Å²) < 4.78 is 0. The first-order chi connectivity index (χ1) is 24.2. The number of carbonyl (C=O) groups excluding carboxylic acids is 5. The minimum absolute atomic E-state index is 0.0122. The van der Waals surface area contributed by atoms with Crippen molar-refractivity contribution in [1.82, 2.24) is 26.6 Å². The second kappa shape index (κ2) is 25.4. The maximum Gasteiger partial charge on any atom is 0.326 e. The van der Waals surface area contributed by atoms with E-state index >= 15 is 0 Å². The predicted molar refractivity (Wildman–Crippen MR) is 197 cm³/mol. The van der Waals surface area contributed by atoms with Crippen LogP contribution < -0.4 is 43.8 Å². The van der Waals surface area contributed by atoms with Gasteiger partial charge in [0.2, 0.25) is 29.5 Å². The van der Waals surface area contributed by atoms with Gasteiger partial charge in [-0.05, 0) is 96.6 Å². The molecule has 0 aliphatic heterocycles. The van der Waals surface area contributed by atoms with E-state index in [0.717, 1.165) is 32.1 Å². The first kappa shape index (κ1) is 45.5. The van der Waals surface area contributed by atoms with E-state index < -0.39 is 71.8 Å². The number of carboxylic acids is 1. The molecule has 0 spiro atoms. The second-order valence-corrected chi connectivity index (χ2v) is 14.2. The van der Waals surface area contributed by atoms with E-state index in [0.29, 0.717) is 45.2 Å². The number of nitrogens with one attached hydrogen (secondary N) is 5. The normalized spacial score (nSPS) is 17.1. The van der Waals surface area contributed by atoms with Crippen LogP contribution in [0.5, 0.6) is 0 Å². The highest BCUT2D eigenvalue weighted by Crippen LogP contribution is 2.27. The van der Waals surface area contributed by atoms with Crippen molar-refractivity contribution in [3.05, 3.63) is 12.2 Å². The Morgan fingerprint density at radius 3 is 1.59 bits per heavy atom. The highest BCUT2D eigenvalue weighted by molar-refractivity contribution is 5.96. The van der Waals surface area contributed by atoms with Gasteiger partial charge in [0.25, 0.3) is 0 Å². The summed E-state index contributed by atoms with van der Waals surface area (Å²) in [6, 6.07) is -6.08. The van der Waals surface area contributed by atoms with E-state index in [2.05, 4.69) is 26.6 Å². The Hall–Kier alpha value is -3.56. The smallest absolute Gasteiger partial charge is 0.326 e. The number of amides is 5. The minimum Gasteiger partial charge on any atom is -0.480 e. The third kappa shape index (κ3) is 18.5. The van der Waals surface area contributed by atoms with Crippen molar-refractivity contribution in [3.8, 4) is 0 Å². The first-order valence-electron chi connectivity index (χ1n) is 18.7. The molecule has 5 amide bonds. The van der Waals surface area contributed by atoms with Crippen molar-refractivity contribution in [2.45, 2.75) is 154 Å². The summed E-state index contributed by atoms with van der Waals surface area (Å²) in [7, 11) is 0. The Morgan fingerprint density at radius 1 is 0.667 bits per heavy atom. The highest BCUT2D eigenvalue weighted by atomic mass is 16.4. The maximum atomic E-state index is 13.9. The quantitative estimate of drug-likeness (QED) is 0.0478. The van der Waals surface area contributed by atoms with Crippen molar-refractivity contribution in [2.24, 2.45) is 29.0 Å². The lowest BCUT2D eigenvalue weighted by atomic mass is 9.84. The number of rotatable bonds is 25. The summed E-state index contributed by atoms with van der Waals surface area (Å²) in [6.45, 7) is 7.79. The third-order valence-corrected chi connectivity index (χ3v) is 9.06. The van der Waals surface area contributed by atoms with Gasteiger partial charge in [-0.3, -0.25) is 24.0 Å². The fraction of sp³-hybridized carbons (Fsp3) is 0.778. The maximum absolute atomic E-state index is 13.9. The molecule has 1 saturated carbocycles. The standard InChI is InChI=1S/C36H66N8O7/c1-5-6-16-26(34(48)43-29(22-25-14-8-7-9-15-25)35(49)44-30(36(50)51)21-23(2)3)41-33(47)28(18-11-13-20-38)42-32(46)27(17-10-12-19-37)40-31(45)24(4)39/h5-6,23-30H,7-22,37-39H2,1-4H3,(H,40,45)(H,41,47)(H,42,46)(H,43,48)(H,44,49)(H,50,51)/b6-5+/t24-,26-,27-,28-,29-,30-/m0/s1. The number of hydrogen-bond acceptors (Lipinski definition) is 9. The van der Waals surface area contributed by atoms with E-state index in [1.54, 1.807) is 19.1 Å². The van der Waals surface area contributed by atoms with Gasteiger partial charge >= 0.3 is 5.97 Å². The molecular formula is C36H66N8O7. The zero-order valence-corrected chi connectivity index (χ0v) is 31.2. The number of carboxylic acid groups (broad SMARTS) is 1. The summed E-state index contributed by atoms with van der Waals surface area (Å²) in [6.07, 6.45) is 11.8. The van der Waals surface area contributed by atoms with Gasteiger partial charge in [-0.15, -0.1) is 0 Å². The summed E-state index contributed by atoms with van der Waals surface area (Å²) in [5.41, 5.74) is 17.0. The molecule has 0 unspecified atom stereocenters. The fourth-order valence-corrected chi connectivity index (χ4v) is 6.10. The molecule has 1 aliphatic rings. The summed E-state index contributed by atoms with van der Waals surface area (Å²) in [4.78, 5) is 79.0. The van der Waals surface area contributed by atoms with Crippen LogP contribution in [-0.4, -0.2) is 90.0 Å². The predicted octanol–water partition coefficient (Wildman–Crippen LogP) is 1.08. The Morgan fingerprint density at radius 2 is 1.12 bits per heavy atom. The van der Waals surface area contributed by atoms with Crippen molar-refractivity contribution >= 4 is 35.5 Å². The highest BCUT2D eigenvalue weighted by Gasteiger charge is 2.33. The van der Waals surface area contributed by atoms with Crippen molar-refractivity contribution < 1.29 is 33.9 Å². The van der Waals surface area contributed by atoms with E-state index in [1.807, 2.05) is 13.8 Å². The topological polar surface area (TPSA) is 261 Å². The van der Waals surface area contributed by atoms with Gasteiger partial charge < -0.3 is 48.9 Å². The van der Waals surface area contributed by atoms with Crippen molar-refractivity contribution in [1.29, 1.82) is 0 Å². The molecule has 6 atom stereocenters. The van der Waals surface area contributed by atoms with Gasteiger partial charge in [-0.2, -0.15) is 0 Å². The van der Waals surface area contributed by atoms with Crippen LogP contribution in [0.3, 0.4) is 0 Å². The third-order valence-electron chi connectivity index (χ3n) is 9.06. The Kier molecular flexibility index (Phi) is 22.6. The lowest BCUT2D eigenvalue weighted by molar-refractivity contribution is -0.143. The number of hydrogen-bond donors (Lipinski definition) is 9. The molecule has 0 radical (unpaired) electrons. The molecule has 0 aromatic rings. The summed E-state index contributed by atoms with van der Waals surface area (Å²) >= 11 is 0. The van der Waals surface area contributed by atoms with Crippen LogP contribution in [-0.2, 0) is 28.8 Å². The lowest BCUT2D eigenvalue weighted by Gasteiger charge is -2.29. The van der Waals surface area contributed by atoms with E-state index in [-0.39, 0.29) is 37.5 Å². The molecule has 0 aromatic carbocycles. The van der Waals surface area contributed by atoms with Crippen LogP contribution in [0.4, 0.5) is 0 Å². The molecule has 292 valence electrons. The van der Waals surface area contributed by atoms with E-state index in [9.17, 15) is 33.9 Å². The average Bonchev–Trinajstić information content (AvgIpc) is 3.08. The van der Waals surface area contributed by atoms with Crippen LogP contribution in [0.15, 0.2) is 12.2 Å². The monoisotopic (exact) mass is 723 g/mol. The lowest BCUT2D eigenvalue weighted by Crippen LogP contribution is -2.59. The van der Waals surface area contributed by atoms with Crippen molar-refractivity contribution in [3.63, 3.8) is 0 Å². The zero-order valence-electron chi connectivity index (χ0n) is 31.2. The zero-order chi connectivity index (χ0) is 38.3. The average molecular weight is 723 g/mol. The molecule has 0 aromatic heterocycles. The van der Waals surface area contributed by atoms with Gasteiger partial charge in [0.1, 0.15) is 30.2 Å². The number of allylic oxidation sites excluding steroid dienone is 1. The SMILES string of the molecule is C/C=C/C[C@H](NC(=O)[C@H](CCCCN)NC(=O)[C@H](CCCCN)NC(=O)[C@H](C)N)C(=O)N[C@@H](CC1CCCCC1)C(=O)N[C@@H](CC(C)C)C(=O)O. The summed E-state index contributed by atoms with van der Waals surface area (Å²) in [5.74, 6) is -3.85. The molecule has 0 heterocycles. The first-order valence-corrected chi connectivity index (χ1v) is 18.7. The Bertz CT molecular complexity index is 1130. The molecule has 0 bridgehead atoms. The van der Waals surface area contributed by atoms with Crippen LogP contribution in [0, 0.1) is 11.8 Å². The minimum atomic E-state index is -1.15. The van der Waals surface area contributed by atoms with Crippen LogP contribution >= 0.6 is 0 Å². The number of nitrogens with two attached hydrogens (primary N) is 3. The van der Waals surface area contributed by atoms with E-state index in [1.165, 1.54) is 6.92 Å². The second-order valence-electron chi connectivity index (χ2n) is 14.2. The van der Waals surface area contributed by atoms with Gasteiger partial charge in [0.15, 0.2) is 0 Å². The van der Waals surface area contributed by atoms with Crippen LogP contribution in [0.1, 0.15) is 118 Å². The molecular weight excluding hydrogens is 656 g/mol. The molecule has 1 aliphatic carbocycles. The fourth-order valence-electron chi connectivity index (χ4n) is 6.10. The number of carbonyl (C=O) groups is 6. The molecule has 12 N–H and O–H groups in total. The number of aliphatic carboxylic acids is 1. The largest absolute Gasteiger partial charge is 0.480 e. The Balaban J connectivity index is 3.28. The molecule has 1 fully saturated rings. The van der Waals surface area contributed by atoms with Gasteiger partial charge in [-0.1, -0.05) is 58.1 Å². The van der Waals surface area contributed by atoms with Crippen LogP contribution in [0.25, 0.3) is 0 Å². The molecule has 0 saturated heterocycles.